The molecule has 0 aliphatic rings. The van der Waals surface area contributed by atoms with E-state index >= 15 is 0 Å². The molecular weight excluding hydrogens is 412 g/mol. The van der Waals surface area contributed by atoms with E-state index in [-0.39, 0.29) is 20.7 Å². The Morgan fingerprint density at radius 2 is 1.92 bits per heavy atom. The first-order chi connectivity index (χ1) is 11.5. The summed E-state index contributed by atoms with van der Waals surface area (Å²) in [6.45, 7) is 1.86. The Hall–Kier alpha value is -1.65. The van der Waals surface area contributed by atoms with E-state index < -0.39 is 4.44 Å². The van der Waals surface area contributed by atoms with Crippen LogP contribution in [0.25, 0.3) is 0 Å². The Balaban J connectivity index is 2.06. The van der Waals surface area contributed by atoms with Gasteiger partial charge in [0.05, 0.1) is 0 Å². The molecule has 0 saturated carbocycles. The average molecular weight is 425 g/mol. The summed E-state index contributed by atoms with van der Waals surface area (Å²) in [4.78, 5) is 17.3. The normalized spacial score (nSPS) is 13.5. The average Bonchev–Trinajstić information content (AvgIpc) is 3.10. The molecule has 1 atom stereocenters. The van der Waals surface area contributed by atoms with Gasteiger partial charge >= 0.3 is 156 Å². The van der Waals surface area contributed by atoms with E-state index in [1.807, 2.05) is 37.3 Å². The topological polar surface area (TPSA) is 47.8 Å². The number of ketones is 1. The molecule has 0 bridgehead atoms. The Bertz CT molecular complexity index is 856. The van der Waals surface area contributed by atoms with E-state index in [9.17, 15) is 4.79 Å². The van der Waals surface area contributed by atoms with Crippen molar-refractivity contribution in [3.8, 4) is 0 Å². The van der Waals surface area contributed by atoms with Crippen LogP contribution in [0.3, 0.4) is 0 Å². The molecule has 0 saturated heterocycles. The second kappa shape index (κ2) is 7.08. The Morgan fingerprint density at radius 1 is 1.17 bits per heavy atom. The third kappa shape index (κ3) is 3.40. The number of hydrogen-bond acceptors (Lipinski definition) is 3. The fraction of sp³-hybridized carbons (Fsp3) is 0.118. The minimum atomic E-state index is -0.887. The first-order valence-electron chi connectivity index (χ1n) is 7.10. The van der Waals surface area contributed by atoms with Crippen LogP contribution >= 0.6 is 23.2 Å². The number of carbonyl (C=O) groups is 1. The first kappa shape index (κ1) is 17.2. The molecule has 0 N–H and O–H groups in total. The zero-order valence-electron chi connectivity index (χ0n) is 12.7. The Labute approximate surface area is 156 Å². The number of benzene rings is 2. The van der Waals surface area contributed by atoms with Gasteiger partial charge in [-0.15, -0.1) is 0 Å². The number of Topliss-reactive ketones (excluding diaryl/α,β-unsaturated/α-hetero) is 1. The van der Waals surface area contributed by atoms with Gasteiger partial charge in [0.1, 0.15) is 0 Å². The molecule has 24 heavy (non-hydrogen) atoms. The van der Waals surface area contributed by atoms with Gasteiger partial charge in [0.15, 0.2) is 0 Å². The summed E-state index contributed by atoms with van der Waals surface area (Å²) in [5, 5.41) is 5.04. The van der Waals surface area contributed by atoms with Crippen LogP contribution in [-0.2, 0) is 4.44 Å². The van der Waals surface area contributed by atoms with Gasteiger partial charge in [-0.25, -0.2) is 0 Å². The van der Waals surface area contributed by atoms with Crippen molar-refractivity contribution in [2.45, 2.75) is 11.4 Å². The number of nitrogens with zero attached hydrogens (tertiary/aromatic N) is 3. The third-order valence-electron chi connectivity index (χ3n) is 3.51. The van der Waals surface area contributed by atoms with Crippen LogP contribution < -0.4 is 4.46 Å². The maximum absolute atomic E-state index is 13.3. The van der Waals surface area contributed by atoms with E-state index in [2.05, 4.69) is 10.1 Å². The summed E-state index contributed by atoms with van der Waals surface area (Å²) in [5.41, 5.74) is 0.428. The Kier molecular flexibility index (Phi) is 5.06. The molecule has 3 aromatic rings. The van der Waals surface area contributed by atoms with Crippen LogP contribution in [0.2, 0.25) is 10.0 Å². The summed E-state index contributed by atoms with van der Waals surface area (Å²) in [7, 11) is 0. The van der Waals surface area contributed by atoms with Crippen molar-refractivity contribution in [2.75, 3.05) is 0 Å². The van der Waals surface area contributed by atoms with Crippen molar-refractivity contribution < 1.29 is 4.79 Å². The zero-order chi connectivity index (χ0) is 17.2. The molecule has 4 nitrogen and oxygen atoms in total. The summed E-state index contributed by atoms with van der Waals surface area (Å²) >= 11 is 12.0. The molecule has 1 aromatic heterocycles. The Morgan fingerprint density at radius 3 is 2.54 bits per heavy atom. The third-order valence-corrected chi connectivity index (χ3v) is 6.74. The number of rotatable bonds is 5. The maximum atomic E-state index is 13.3. The van der Waals surface area contributed by atoms with Gasteiger partial charge in [-0.05, 0) is 0 Å². The van der Waals surface area contributed by atoms with E-state index in [0.29, 0.717) is 15.6 Å². The van der Waals surface area contributed by atoms with Gasteiger partial charge in [0.2, 0.25) is 0 Å². The fourth-order valence-electron chi connectivity index (χ4n) is 2.27. The molecule has 0 radical (unpaired) electrons. The number of carbonyl (C=O) groups excluding carboxylic acids is 1. The van der Waals surface area contributed by atoms with Crippen molar-refractivity contribution >= 4 is 48.4 Å². The quantitative estimate of drug-likeness (QED) is 0.466. The SMILES string of the molecule is CC([Se]c1ccccc1)(C(=O)c1ccc(Cl)cc1Cl)n1cncn1. The fourth-order valence-corrected chi connectivity index (χ4v) is 5.16. The van der Waals surface area contributed by atoms with Crippen molar-refractivity contribution in [2.24, 2.45) is 0 Å². The predicted octanol–water partition coefficient (Wildman–Crippen LogP) is 3.17. The molecule has 0 fully saturated rings. The summed E-state index contributed by atoms with van der Waals surface area (Å²) < 4.78 is 1.80. The molecule has 0 amide bonds. The molecule has 2 aromatic carbocycles. The molecule has 0 spiro atoms. The molecule has 122 valence electrons. The van der Waals surface area contributed by atoms with Gasteiger partial charge in [0.25, 0.3) is 0 Å². The van der Waals surface area contributed by atoms with Crippen LogP contribution in [0.1, 0.15) is 17.3 Å². The number of halogens is 2. The monoisotopic (exact) mass is 425 g/mol. The van der Waals surface area contributed by atoms with Gasteiger partial charge in [0, 0.05) is 0 Å². The molecule has 7 heteroatoms. The molecule has 3 rings (SSSR count). The van der Waals surface area contributed by atoms with Gasteiger partial charge < -0.3 is 0 Å². The predicted molar refractivity (Wildman–Crippen MR) is 96.3 cm³/mol. The van der Waals surface area contributed by atoms with Crippen molar-refractivity contribution in [1.29, 1.82) is 0 Å². The van der Waals surface area contributed by atoms with E-state index in [1.165, 1.54) is 6.33 Å². The summed E-state index contributed by atoms with van der Waals surface area (Å²) in [6.07, 6.45) is 2.99. The van der Waals surface area contributed by atoms with Crippen molar-refractivity contribution in [1.82, 2.24) is 14.8 Å². The zero-order valence-corrected chi connectivity index (χ0v) is 15.9. The first-order valence-corrected chi connectivity index (χ1v) is 9.56. The van der Waals surface area contributed by atoms with Gasteiger partial charge in [-0.2, -0.15) is 0 Å². The number of hydrogen-bond donors (Lipinski definition) is 0. The molecule has 0 aliphatic heterocycles. The van der Waals surface area contributed by atoms with Gasteiger partial charge in [-0.1, -0.05) is 0 Å². The summed E-state index contributed by atoms with van der Waals surface area (Å²) in [6, 6.07) is 14.8. The second-order valence-corrected chi connectivity index (χ2v) is 9.12. The van der Waals surface area contributed by atoms with Crippen molar-refractivity contribution in [3.05, 3.63) is 76.8 Å². The van der Waals surface area contributed by atoms with Crippen LogP contribution in [0.5, 0.6) is 0 Å². The van der Waals surface area contributed by atoms with Crippen LogP contribution in [0.4, 0.5) is 0 Å². The van der Waals surface area contributed by atoms with E-state index in [1.54, 1.807) is 29.2 Å². The molecule has 1 heterocycles. The molecule has 0 aliphatic carbocycles. The van der Waals surface area contributed by atoms with Gasteiger partial charge in [-0.3, -0.25) is 0 Å². The van der Waals surface area contributed by atoms with E-state index in [0.717, 1.165) is 4.46 Å². The minimum absolute atomic E-state index is 0.112. The summed E-state index contributed by atoms with van der Waals surface area (Å²) in [5.74, 6) is -0.112. The van der Waals surface area contributed by atoms with Crippen LogP contribution in [0, 0.1) is 0 Å². The standard InChI is InChI=1S/C17H13Cl2N3OSe/c1-17(22-11-20-10-21-22,24-13-5-3-2-4-6-13)16(23)14-8-7-12(18)9-15(14)19/h2-11H,1H3. The van der Waals surface area contributed by atoms with E-state index in [4.69, 9.17) is 23.2 Å². The number of aromatic nitrogens is 3. The van der Waals surface area contributed by atoms with Crippen LogP contribution in [0.15, 0.2) is 61.2 Å². The molecular formula is C17H13Cl2N3OSe. The van der Waals surface area contributed by atoms with Crippen LogP contribution in [-0.4, -0.2) is 35.5 Å². The molecule has 1 unspecified atom stereocenters. The second-order valence-electron chi connectivity index (χ2n) is 5.19. The van der Waals surface area contributed by atoms with Crippen molar-refractivity contribution in [3.63, 3.8) is 0 Å².